The maximum Gasteiger partial charge on any atom is 0.210 e. The van der Waals surface area contributed by atoms with Crippen molar-refractivity contribution in [1.82, 2.24) is 0 Å². The number of rotatable bonds is 13. The maximum absolute atomic E-state index is 12.8. The van der Waals surface area contributed by atoms with Crippen LogP contribution in [0.4, 0.5) is 17.1 Å². The van der Waals surface area contributed by atoms with E-state index in [9.17, 15) is 30.3 Å². The number of hydrogen-bond acceptors (Lipinski definition) is 9. The molecule has 0 unspecified atom stereocenters. The van der Waals surface area contributed by atoms with Gasteiger partial charge >= 0.3 is 0 Å². The second-order valence-electron chi connectivity index (χ2n) is 8.70. The molecule has 0 amide bonds. The van der Waals surface area contributed by atoms with E-state index in [1.54, 1.807) is 25.1 Å². The average Bonchev–Trinajstić information content (AvgIpc) is 2.91. The van der Waals surface area contributed by atoms with Crippen LogP contribution in [0, 0.1) is 0 Å². The Morgan fingerprint density at radius 1 is 0.737 bits per heavy atom. The Hall–Kier alpha value is -3.50. The predicted octanol–water partition coefficient (Wildman–Crippen LogP) is 2.56. The first kappa shape index (κ1) is 30.7. The van der Waals surface area contributed by atoms with Crippen LogP contribution in [-0.4, -0.2) is 89.6 Å². The highest BCUT2D eigenvalue weighted by atomic mass is 16.3. The third-order valence-corrected chi connectivity index (χ3v) is 6.18. The second kappa shape index (κ2) is 15.0. The Morgan fingerprint density at radius 2 is 1.18 bits per heavy atom. The quantitative estimate of drug-likeness (QED) is 0.252. The van der Waals surface area contributed by atoms with Gasteiger partial charge in [0, 0.05) is 55.1 Å². The van der Waals surface area contributed by atoms with Gasteiger partial charge in [0.25, 0.3) is 0 Å². The lowest BCUT2D eigenvalue weighted by molar-refractivity contribution is -0.109. The van der Waals surface area contributed by atoms with Crippen molar-refractivity contribution in [3.8, 4) is 0 Å². The molecule has 0 atom stereocenters. The molecule has 9 heteroatoms. The lowest BCUT2D eigenvalue weighted by atomic mass is 9.91. The number of anilines is 2. The first-order valence-corrected chi connectivity index (χ1v) is 12.3. The first-order chi connectivity index (χ1) is 17.9. The van der Waals surface area contributed by atoms with Crippen LogP contribution < -0.4 is 9.80 Å². The van der Waals surface area contributed by atoms with Gasteiger partial charge < -0.3 is 35.3 Å². The SMILES string of the molecule is C.CC1=C(O)C(Cc2ccc(N(CCO)CCO)cc2)=CC(=Nc2ccc(N(CCO)CCO)cc2)C1=O. The fraction of sp³-hybridized carbons (Fsp3) is 0.379. The Labute approximate surface area is 224 Å². The van der Waals surface area contributed by atoms with Crippen molar-refractivity contribution >= 4 is 28.6 Å². The number of carbonyl (C=O) groups excluding carboxylic acids is 1. The number of carbonyl (C=O) groups is 1. The number of aliphatic hydroxyl groups is 5. The third kappa shape index (κ3) is 7.75. The van der Waals surface area contributed by atoms with Crippen molar-refractivity contribution in [3.63, 3.8) is 0 Å². The third-order valence-electron chi connectivity index (χ3n) is 6.18. The lowest BCUT2D eigenvalue weighted by Gasteiger charge is -2.23. The summed E-state index contributed by atoms with van der Waals surface area (Å²) in [5, 5.41) is 47.7. The normalized spacial score (nSPS) is 14.4. The van der Waals surface area contributed by atoms with Gasteiger partial charge in [-0.25, -0.2) is 4.99 Å². The minimum atomic E-state index is -0.341. The van der Waals surface area contributed by atoms with Gasteiger partial charge in [-0.15, -0.1) is 0 Å². The molecule has 0 saturated heterocycles. The molecule has 2 aromatic carbocycles. The topological polar surface area (TPSA) is 137 Å². The zero-order chi connectivity index (χ0) is 26.8. The molecule has 0 fully saturated rings. The zero-order valence-electron chi connectivity index (χ0n) is 21.0. The largest absolute Gasteiger partial charge is 0.507 e. The van der Waals surface area contributed by atoms with E-state index in [0.717, 1.165) is 16.9 Å². The molecule has 0 radical (unpaired) electrons. The van der Waals surface area contributed by atoms with E-state index in [-0.39, 0.29) is 56.7 Å². The maximum atomic E-state index is 12.8. The summed E-state index contributed by atoms with van der Waals surface area (Å²) in [6.45, 7) is 3.09. The van der Waals surface area contributed by atoms with E-state index in [2.05, 4.69) is 4.99 Å². The summed E-state index contributed by atoms with van der Waals surface area (Å²) in [7, 11) is 0. The Kier molecular flexibility index (Phi) is 12.2. The molecule has 0 saturated carbocycles. The van der Waals surface area contributed by atoms with Crippen molar-refractivity contribution in [1.29, 1.82) is 0 Å². The number of ketones is 1. The van der Waals surface area contributed by atoms with Gasteiger partial charge in [0.05, 0.1) is 32.1 Å². The van der Waals surface area contributed by atoms with Gasteiger partial charge in [0.15, 0.2) is 0 Å². The Bertz CT molecular complexity index is 1130. The van der Waals surface area contributed by atoms with Crippen LogP contribution >= 0.6 is 0 Å². The summed E-state index contributed by atoms with van der Waals surface area (Å²) in [6, 6.07) is 14.8. The number of aliphatic hydroxyl groups excluding tert-OH is 5. The molecule has 0 heterocycles. The summed E-state index contributed by atoms with van der Waals surface area (Å²) in [6.07, 6.45) is 2.01. The van der Waals surface area contributed by atoms with Crippen molar-refractivity contribution < 1.29 is 30.3 Å². The number of hydrogen-bond donors (Lipinski definition) is 5. The van der Waals surface area contributed by atoms with Crippen LogP contribution in [0.5, 0.6) is 0 Å². The van der Waals surface area contributed by atoms with E-state index in [0.29, 0.717) is 43.9 Å². The molecule has 0 aromatic heterocycles. The van der Waals surface area contributed by atoms with Crippen LogP contribution in [0.25, 0.3) is 0 Å². The minimum Gasteiger partial charge on any atom is -0.507 e. The van der Waals surface area contributed by atoms with Crippen molar-refractivity contribution in [2.75, 3.05) is 62.4 Å². The van der Waals surface area contributed by atoms with Crippen molar-refractivity contribution in [2.24, 2.45) is 4.99 Å². The Morgan fingerprint density at radius 3 is 1.63 bits per heavy atom. The van der Waals surface area contributed by atoms with Crippen LogP contribution in [0.3, 0.4) is 0 Å². The molecule has 0 bridgehead atoms. The molecular formula is C29H39N3O6. The second-order valence-corrected chi connectivity index (χ2v) is 8.70. The molecule has 1 aliphatic carbocycles. The highest BCUT2D eigenvalue weighted by Crippen LogP contribution is 2.27. The lowest BCUT2D eigenvalue weighted by Crippen LogP contribution is -2.29. The molecule has 0 aliphatic heterocycles. The molecule has 9 nitrogen and oxygen atoms in total. The number of nitrogens with zero attached hydrogens (tertiary/aromatic N) is 3. The summed E-state index contributed by atoms with van der Waals surface area (Å²) in [5.41, 5.74) is 4.24. The molecule has 206 valence electrons. The number of Topliss-reactive ketones (excluding diaryl/α,β-unsaturated/α-hetero) is 1. The van der Waals surface area contributed by atoms with Crippen LogP contribution in [0.2, 0.25) is 0 Å². The van der Waals surface area contributed by atoms with Crippen molar-refractivity contribution in [3.05, 3.63) is 77.1 Å². The van der Waals surface area contributed by atoms with E-state index >= 15 is 0 Å². The van der Waals surface area contributed by atoms with E-state index < -0.39 is 0 Å². The highest BCUT2D eigenvalue weighted by Gasteiger charge is 2.24. The molecule has 2 aromatic rings. The molecular weight excluding hydrogens is 486 g/mol. The fourth-order valence-corrected chi connectivity index (χ4v) is 4.20. The monoisotopic (exact) mass is 525 g/mol. The Balaban J connectivity index is 0.00000507. The van der Waals surface area contributed by atoms with Gasteiger partial charge in [-0.3, -0.25) is 4.79 Å². The minimum absolute atomic E-state index is 0. The number of allylic oxidation sites excluding steroid dienone is 3. The van der Waals surface area contributed by atoms with Gasteiger partial charge in [0.2, 0.25) is 5.78 Å². The summed E-state index contributed by atoms with van der Waals surface area (Å²) in [5.74, 6) is -0.388. The number of aliphatic imine (C=N–C) groups is 1. The number of benzene rings is 2. The average molecular weight is 526 g/mol. The molecule has 0 spiro atoms. The van der Waals surface area contributed by atoms with Gasteiger partial charge in [-0.1, -0.05) is 19.6 Å². The first-order valence-electron chi connectivity index (χ1n) is 12.3. The molecule has 38 heavy (non-hydrogen) atoms. The van der Waals surface area contributed by atoms with E-state index in [1.807, 2.05) is 46.2 Å². The van der Waals surface area contributed by atoms with Gasteiger partial charge in [0.1, 0.15) is 11.5 Å². The van der Waals surface area contributed by atoms with Crippen LogP contribution in [-0.2, 0) is 11.2 Å². The summed E-state index contributed by atoms with van der Waals surface area (Å²) in [4.78, 5) is 21.1. The molecule has 3 rings (SSSR count). The van der Waals surface area contributed by atoms with E-state index in [1.165, 1.54) is 0 Å². The summed E-state index contributed by atoms with van der Waals surface area (Å²) >= 11 is 0. The molecule has 1 aliphatic rings. The smallest absolute Gasteiger partial charge is 0.210 e. The highest BCUT2D eigenvalue weighted by molar-refractivity contribution is 6.51. The zero-order valence-corrected chi connectivity index (χ0v) is 21.0. The van der Waals surface area contributed by atoms with Crippen molar-refractivity contribution in [2.45, 2.75) is 20.8 Å². The summed E-state index contributed by atoms with van der Waals surface area (Å²) < 4.78 is 0. The van der Waals surface area contributed by atoms with Crippen LogP contribution in [0.15, 0.2) is 76.5 Å². The predicted molar refractivity (Wildman–Crippen MR) is 152 cm³/mol. The van der Waals surface area contributed by atoms with Gasteiger partial charge in [-0.05, 0) is 55.0 Å². The van der Waals surface area contributed by atoms with Gasteiger partial charge in [-0.2, -0.15) is 0 Å². The standard InChI is InChI=1S/C28H35N3O6.CH4/c1-20-27(36)22(18-21-2-6-24(7-3-21)30(10-14-32)11-15-33)19-26(28(20)37)29-23-4-8-25(9-5-23)31(12-16-34)13-17-35;/h2-9,19,32-36H,10-18H2,1H3;1H4. The fourth-order valence-electron chi connectivity index (χ4n) is 4.20. The molecule has 5 N–H and O–H groups in total. The van der Waals surface area contributed by atoms with E-state index in [4.69, 9.17) is 0 Å². The van der Waals surface area contributed by atoms with Crippen LogP contribution in [0.1, 0.15) is 19.9 Å².